The lowest BCUT2D eigenvalue weighted by atomic mass is 10.1. The van der Waals surface area contributed by atoms with Crippen molar-refractivity contribution in [2.45, 2.75) is 40.3 Å². The predicted molar refractivity (Wildman–Crippen MR) is 77.3 cm³/mol. The maximum absolute atomic E-state index is 11.7. The zero-order valence-corrected chi connectivity index (χ0v) is 12.2. The van der Waals surface area contributed by atoms with Gasteiger partial charge in [0.25, 0.3) is 5.91 Å². The smallest absolute Gasteiger partial charge is 0.260 e. The summed E-state index contributed by atoms with van der Waals surface area (Å²) in [4.78, 5) is 11.7. The summed E-state index contributed by atoms with van der Waals surface area (Å²) in [6, 6.07) is 6.01. The van der Waals surface area contributed by atoms with Gasteiger partial charge >= 0.3 is 0 Å². The van der Waals surface area contributed by atoms with Crippen molar-refractivity contribution in [1.29, 1.82) is 0 Å². The zero-order valence-electron chi connectivity index (χ0n) is 12.2. The van der Waals surface area contributed by atoms with Crippen LogP contribution in [0.5, 0.6) is 5.75 Å². The Kier molecular flexibility index (Phi) is 6.36. The van der Waals surface area contributed by atoms with E-state index in [1.54, 1.807) is 6.92 Å². The third-order valence-corrected chi connectivity index (χ3v) is 2.81. The van der Waals surface area contributed by atoms with Crippen molar-refractivity contribution in [3.8, 4) is 5.75 Å². The molecule has 1 unspecified atom stereocenters. The Bertz CT molecular complexity index is 419. The lowest BCUT2D eigenvalue weighted by molar-refractivity contribution is -0.127. The molecule has 0 aliphatic rings. The molecule has 0 saturated heterocycles. The topological polar surface area (TPSA) is 50.4 Å². The Balaban J connectivity index is 2.78. The lowest BCUT2D eigenvalue weighted by Crippen LogP contribution is -2.36. The van der Waals surface area contributed by atoms with Gasteiger partial charge in [-0.2, -0.15) is 0 Å². The van der Waals surface area contributed by atoms with Crippen LogP contribution in [0.2, 0.25) is 0 Å². The van der Waals surface area contributed by atoms with Gasteiger partial charge in [-0.15, -0.1) is 0 Å². The fourth-order valence-corrected chi connectivity index (χ4v) is 1.78. The summed E-state index contributed by atoms with van der Waals surface area (Å²) in [5.74, 6) is 0.683. The second-order valence-corrected chi connectivity index (χ2v) is 4.55. The summed E-state index contributed by atoms with van der Waals surface area (Å²) in [6.45, 7) is 10.0. The molecule has 1 aromatic carbocycles. The number of ether oxygens (including phenoxy) is 1. The molecule has 0 radical (unpaired) electrons. The number of hydrogen-bond acceptors (Lipinski definition) is 3. The third-order valence-electron chi connectivity index (χ3n) is 2.81. The minimum atomic E-state index is -0.483. The molecule has 2 N–H and O–H groups in total. The highest BCUT2D eigenvalue weighted by molar-refractivity contribution is 5.80. The minimum Gasteiger partial charge on any atom is -0.481 e. The van der Waals surface area contributed by atoms with Crippen LogP contribution in [0.3, 0.4) is 0 Å². The highest BCUT2D eigenvalue weighted by atomic mass is 16.5. The van der Waals surface area contributed by atoms with Crippen LogP contribution in [0.1, 0.15) is 31.9 Å². The van der Waals surface area contributed by atoms with Gasteiger partial charge in [-0.1, -0.05) is 24.6 Å². The number of aryl methyl sites for hydroxylation is 1. The lowest BCUT2D eigenvalue weighted by Gasteiger charge is -2.17. The van der Waals surface area contributed by atoms with E-state index in [2.05, 4.69) is 23.6 Å². The van der Waals surface area contributed by atoms with Crippen molar-refractivity contribution < 1.29 is 9.53 Å². The predicted octanol–water partition coefficient (Wildman–Crippen LogP) is 2.01. The van der Waals surface area contributed by atoms with Crippen LogP contribution in [0, 0.1) is 6.92 Å². The second-order valence-electron chi connectivity index (χ2n) is 4.55. The molecule has 4 heteroatoms. The van der Waals surface area contributed by atoms with Crippen LogP contribution >= 0.6 is 0 Å². The normalized spacial score (nSPS) is 12.0. The molecule has 0 aliphatic carbocycles. The van der Waals surface area contributed by atoms with Gasteiger partial charge in [-0.3, -0.25) is 4.79 Å². The number of likely N-dealkylation sites (N-methyl/N-ethyl adjacent to an activating group) is 1. The SMILES string of the molecule is CCNCc1cc(C)ccc1OC(C)C(=O)NCC. The number of rotatable bonds is 7. The van der Waals surface area contributed by atoms with Gasteiger partial charge in [0.15, 0.2) is 6.10 Å². The molecular formula is C15H24N2O2. The number of benzene rings is 1. The Morgan fingerprint density at radius 2 is 2.05 bits per heavy atom. The fraction of sp³-hybridized carbons (Fsp3) is 0.533. The standard InChI is InChI=1S/C15H24N2O2/c1-5-16-10-13-9-11(3)7-8-14(13)19-12(4)15(18)17-6-2/h7-9,12,16H,5-6,10H2,1-4H3,(H,17,18). The van der Waals surface area contributed by atoms with E-state index in [1.165, 1.54) is 5.56 Å². The van der Waals surface area contributed by atoms with Crippen LogP contribution in [0.25, 0.3) is 0 Å². The van der Waals surface area contributed by atoms with Crippen molar-refractivity contribution >= 4 is 5.91 Å². The molecular weight excluding hydrogens is 240 g/mol. The first-order valence-electron chi connectivity index (χ1n) is 6.83. The van der Waals surface area contributed by atoms with E-state index in [0.717, 1.165) is 24.4 Å². The molecule has 0 spiro atoms. The van der Waals surface area contributed by atoms with Gasteiger partial charge in [-0.25, -0.2) is 0 Å². The zero-order chi connectivity index (χ0) is 14.3. The largest absolute Gasteiger partial charge is 0.481 e. The molecule has 1 atom stereocenters. The van der Waals surface area contributed by atoms with Crippen molar-refractivity contribution in [1.82, 2.24) is 10.6 Å². The summed E-state index contributed by atoms with van der Waals surface area (Å²) in [5, 5.41) is 6.04. The van der Waals surface area contributed by atoms with Gasteiger partial charge in [0.1, 0.15) is 5.75 Å². The molecule has 0 fully saturated rings. The van der Waals surface area contributed by atoms with Gasteiger partial charge < -0.3 is 15.4 Å². The number of hydrogen-bond donors (Lipinski definition) is 2. The third kappa shape index (κ3) is 4.91. The molecule has 0 aromatic heterocycles. The van der Waals surface area contributed by atoms with E-state index in [-0.39, 0.29) is 5.91 Å². The molecule has 0 heterocycles. The summed E-state index contributed by atoms with van der Waals surface area (Å²) in [5.41, 5.74) is 2.27. The quantitative estimate of drug-likeness (QED) is 0.792. The fourth-order valence-electron chi connectivity index (χ4n) is 1.78. The van der Waals surface area contributed by atoms with Crippen LogP contribution < -0.4 is 15.4 Å². The Morgan fingerprint density at radius 3 is 2.68 bits per heavy atom. The monoisotopic (exact) mass is 264 g/mol. The minimum absolute atomic E-state index is 0.0857. The molecule has 1 aromatic rings. The second kappa shape index (κ2) is 7.79. The molecule has 4 nitrogen and oxygen atoms in total. The first kappa shape index (κ1) is 15.5. The van der Waals surface area contributed by atoms with Crippen molar-refractivity contribution in [3.05, 3.63) is 29.3 Å². The van der Waals surface area contributed by atoms with Crippen LogP contribution in [0.4, 0.5) is 0 Å². The molecule has 106 valence electrons. The average molecular weight is 264 g/mol. The molecule has 19 heavy (non-hydrogen) atoms. The van der Waals surface area contributed by atoms with E-state index in [1.807, 2.05) is 26.0 Å². The van der Waals surface area contributed by atoms with Crippen molar-refractivity contribution in [2.75, 3.05) is 13.1 Å². The van der Waals surface area contributed by atoms with Crippen molar-refractivity contribution in [3.63, 3.8) is 0 Å². The van der Waals surface area contributed by atoms with Gasteiger partial charge in [0.2, 0.25) is 0 Å². The molecule has 0 bridgehead atoms. The van der Waals surface area contributed by atoms with Gasteiger partial charge in [0.05, 0.1) is 0 Å². The first-order chi connectivity index (χ1) is 9.08. The van der Waals surface area contributed by atoms with Crippen molar-refractivity contribution in [2.24, 2.45) is 0 Å². The van der Waals surface area contributed by atoms with Crippen LogP contribution in [0.15, 0.2) is 18.2 Å². The maximum Gasteiger partial charge on any atom is 0.260 e. The molecule has 0 saturated carbocycles. The molecule has 1 amide bonds. The number of carbonyl (C=O) groups excluding carboxylic acids is 1. The van der Waals surface area contributed by atoms with Gasteiger partial charge in [0, 0.05) is 18.7 Å². The average Bonchev–Trinajstić information content (AvgIpc) is 2.39. The molecule has 0 aliphatic heterocycles. The summed E-state index contributed by atoms with van der Waals surface area (Å²) in [6.07, 6.45) is -0.483. The Labute approximate surface area is 115 Å². The van der Waals surface area contributed by atoms with E-state index in [9.17, 15) is 4.79 Å². The van der Waals surface area contributed by atoms with Crippen LogP contribution in [-0.2, 0) is 11.3 Å². The van der Waals surface area contributed by atoms with E-state index in [4.69, 9.17) is 4.74 Å². The number of carbonyl (C=O) groups is 1. The van der Waals surface area contributed by atoms with Crippen LogP contribution in [-0.4, -0.2) is 25.1 Å². The highest BCUT2D eigenvalue weighted by Crippen LogP contribution is 2.21. The van der Waals surface area contributed by atoms with E-state index >= 15 is 0 Å². The maximum atomic E-state index is 11.7. The number of amides is 1. The summed E-state index contributed by atoms with van der Waals surface area (Å²) >= 11 is 0. The Hall–Kier alpha value is -1.55. The highest BCUT2D eigenvalue weighted by Gasteiger charge is 2.15. The number of nitrogens with one attached hydrogen (secondary N) is 2. The molecule has 1 rings (SSSR count). The summed E-state index contributed by atoms with van der Waals surface area (Å²) < 4.78 is 5.76. The van der Waals surface area contributed by atoms with Gasteiger partial charge in [-0.05, 0) is 33.4 Å². The summed E-state index contributed by atoms with van der Waals surface area (Å²) in [7, 11) is 0. The van der Waals surface area contributed by atoms with E-state index in [0.29, 0.717) is 6.54 Å². The Morgan fingerprint density at radius 1 is 1.32 bits per heavy atom. The first-order valence-corrected chi connectivity index (χ1v) is 6.83. The van der Waals surface area contributed by atoms with E-state index < -0.39 is 6.10 Å².